The van der Waals surface area contributed by atoms with Crippen molar-refractivity contribution in [1.82, 2.24) is 5.32 Å². The van der Waals surface area contributed by atoms with Gasteiger partial charge in [-0.2, -0.15) is 11.8 Å². The van der Waals surface area contributed by atoms with Crippen LogP contribution in [-0.4, -0.2) is 6.26 Å². The van der Waals surface area contributed by atoms with Crippen LogP contribution in [0.1, 0.15) is 17.1 Å². The summed E-state index contributed by atoms with van der Waals surface area (Å²) < 4.78 is 6.81. The summed E-state index contributed by atoms with van der Waals surface area (Å²) in [6.45, 7) is 1.61. The van der Waals surface area contributed by atoms with Crippen molar-refractivity contribution in [3.8, 4) is 0 Å². The molecule has 0 saturated heterocycles. The van der Waals surface area contributed by atoms with Crippen LogP contribution in [0, 0.1) is 0 Å². The van der Waals surface area contributed by atoms with Crippen LogP contribution >= 0.6 is 27.7 Å². The summed E-state index contributed by atoms with van der Waals surface area (Å²) in [5, 5.41) is 3.38. The number of nitrogens with one attached hydrogen (secondary N) is 1. The SMILES string of the molecule is CSCc1ccc(CNCc2cccc(Br)c2)o1. The molecule has 0 saturated carbocycles. The Bertz CT molecular complexity index is 498. The third kappa shape index (κ3) is 4.19. The van der Waals surface area contributed by atoms with Gasteiger partial charge in [0.15, 0.2) is 0 Å². The molecule has 96 valence electrons. The van der Waals surface area contributed by atoms with Crippen LogP contribution in [0.2, 0.25) is 0 Å². The molecule has 2 rings (SSSR count). The number of halogens is 1. The van der Waals surface area contributed by atoms with E-state index in [2.05, 4.69) is 39.6 Å². The third-order valence-electron chi connectivity index (χ3n) is 2.52. The fourth-order valence-corrected chi connectivity index (χ4v) is 2.60. The fourth-order valence-electron chi connectivity index (χ4n) is 1.71. The number of thioether (sulfide) groups is 1. The molecule has 0 bridgehead atoms. The van der Waals surface area contributed by atoms with E-state index in [-0.39, 0.29) is 0 Å². The second-order valence-corrected chi connectivity index (χ2v) is 5.82. The van der Waals surface area contributed by atoms with Crippen LogP contribution in [0.15, 0.2) is 45.3 Å². The van der Waals surface area contributed by atoms with Gasteiger partial charge in [0.05, 0.1) is 12.3 Å². The quantitative estimate of drug-likeness (QED) is 0.861. The van der Waals surface area contributed by atoms with E-state index in [4.69, 9.17) is 4.42 Å². The maximum Gasteiger partial charge on any atom is 0.118 e. The van der Waals surface area contributed by atoms with Crippen molar-refractivity contribution in [3.05, 3.63) is 58.0 Å². The zero-order chi connectivity index (χ0) is 12.8. The summed E-state index contributed by atoms with van der Waals surface area (Å²) in [5.41, 5.74) is 1.26. The molecule has 0 spiro atoms. The first-order chi connectivity index (χ1) is 8.78. The van der Waals surface area contributed by atoms with E-state index >= 15 is 0 Å². The normalized spacial score (nSPS) is 10.8. The molecule has 0 aliphatic carbocycles. The predicted molar refractivity (Wildman–Crippen MR) is 80.6 cm³/mol. The van der Waals surface area contributed by atoms with Crippen LogP contribution in [0.4, 0.5) is 0 Å². The Morgan fingerprint density at radius 2 is 2.00 bits per heavy atom. The lowest BCUT2D eigenvalue weighted by molar-refractivity contribution is 0.459. The van der Waals surface area contributed by atoms with E-state index in [9.17, 15) is 0 Å². The summed E-state index contributed by atoms with van der Waals surface area (Å²) in [5.74, 6) is 2.97. The van der Waals surface area contributed by atoms with E-state index < -0.39 is 0 Å². The minimum absolute atomic E-state index is 0.765. The number of benzene rings is 1. The number of hydrogen-bond acceptors (Lipinski definition) is 3. The Morgan fingerprint density at radius 3 is 2.78 bits per heavy atom. The molecule has 4 heteroatoms. The maximum absolute atomic E-state index is 5.69. The highest BCUT2D eigenvalue weighted by Crippen LogP contribution is 2.14. The van der Waals surface area contributed by atoms with Crippen LogP contribution in [0.25, 0.3) is 0 Å². The molecule has 0 fully saturated rings. The molecule has 0 aliphatic rings. The van der Waals surface area contributed by atoms with Gasteiger partial charge in [0, 0.05) is 11.0 Å². The summed E-state index contributed by atoms with van der Waals surface area (Å²) in [6.07, 6.45) is 2.08. The van der Waals surface area contributed by atoms with Crippen LogP contribution in [-0.2, 0) is 18.8 Å². The summed E-state index contributed by atoms with van der Waals surface area (Å²) in [6, 6.07) is 12.4. The molecule has 0 amide bonds. The van der Waals surface area contributed by atoms with Gasteiger partial charge in [0.25, 0.3) is 0 Å². The predicted octanol–water partition coefficient (Wildman–Crippen LogP) is 4.19. The lowest BCUT2D eigenvalue weighted by Gasteiger charge is -2.03. The highest BCUT2D eigenvalue weighted by Gasteiger charge is 2.01. The van der Waals surface area contributed by atoms with Gasteiger partial charge in [0.1, 0.15) is 11.5 Å². The van der Waals surface area contributed by atoms with Crippen molar-refractivity contribution < 1.29 is 4.42 Å². The van der Waals surface area contributed by atoms with E-state index in [1.165, 1.54) is 5.56 Å². The first-order valence-electron chi connectivity index (χ1n) is 5.79. The lowest BCUT2D eigenvalue weighted by Crippen LogP contribution is -2.11. The van der Waals surface area contributed by atoms with Gasteiger partial charge in [0.2, 0.25) is 0 Å². The molecular weight excluding hydrogens is 310 g/mol. The van der Waals surface area contributed by atoms with Crippen LogP contribution in [0.3, 0.4) is 0 Å². The van der Waals surface area contributed by atoms with Crippen molar-refractivity contribution >= 4 is 27.7 Å². The third-order valence-corrected chi connectivity index (χ3v) is 3.59. The van der Waals surface area contributed by atoms with Gasteiger partial charge < -0.3 is 9.73 Å². The summed E-state index contributed by atoms with van der Waals surface area (Å²) in [7, 11) is 0. The lowest BCUT2D eigenvalue weighted by atomic mass is 10.2. The molecule has 2 nitrogen and oxygen atoms in total. The molecule has 1 heterocycles. The smallest absolute Gasteiger partial charge is 0.118 e. The van der Waals surface area contributed by atoms with Crippen LogP contribution < -0.4 is 5.32 Å². The molecule has 1 aromatic carbocycles. The van der Waals surface area contributed by atoms with E-state index in [0.717, 1.165) is 34.8 Å². The fraction of sp³-hybridized carbons (Fsp3) is 0.286. The van der Waals surface area contributed by atoms with Crippen molar-refractivity contribution in [2.75, 3.05) is 6.26 Å². The van der Waals surface area contributed by atoms with Crippen molar-refractivity contribution in [1.29, 1.82) is 0 Å². The van der Waals surface area contributed by atoms with E-state index in [1.54, 1.807) is 11.8 Å². The highest BCUT2D eigenvalue weighted by molar-refractivity contribution is 9.10. The standard InChI is InChI=1S/C14H16BrNOS/c1-18-10-14-6-5-13(17-14)9-16-8-11-3-2-4-12(15)7-11/h2-7,16H,8-10H2,1H3. The minimum Gasteiger partial charge on any atom is -0.464 e. The second kappa shape index (κ2) is 7.02. The first kappa shape index (κ1) is 13.7. The van der Waals surface area contributed by atoms with Crippen molar-refractivity contribution in [2.45, 2.75) is 18.8 Å². The number of furan rings is 1. The highest BCUT2D eigenvalue weighted by atomic mass is 79.9. The molecule has 0 unspecified atom stereocenters. The molecule has 0 aliphatic heterocycles. The molecule has 0 atom stereocenters. The summed E-state index contributed by atoms with van der Waals surface area (Å²) in [4.78, 5) is 0. The zero-order valence-electron chi connectivity index (χ0n) is 10.3. The van der Waals surface area contributed by atoms with E-state index in [1.807, 2.05) is 24.3 Å². The average Bonchev–Trinajstić information content (AvgIpc) is 2.78. The number of rotatable bonds is 6. The van der Waals surface area contributed by atoms with Gasteiger partial charge in [-0.1, -0.05) is 28.1 Å². The molecule has 1 N–H and O–H groups in total. The second-order valence-electron chi connectivity index (χ2n) is 4.03. The van der Waals surface area contributed by atoms with Crippen LogP contribution in [0.5, 0.6) is 0 Å². The molecule has 2 aromatic rings. The Kier molecular flexibility index (Phi) is 5.35. The Balaban J connectivity index is 1.81. The molecular formula is C14H16BrNOS. The Morgan fingerprint density at radius 1 is 1.17 bits per heavy atom. The van der Waals surface area contributed by atoms with Gasteiger partial charge in [-0.25, -0.2) is 0 Å². The largest absolute Gasteiger partial charge is 0.464 e. The minimum atomic E-state index is 0.765. The van der Waals surface area contributed by atoms with Gasteiger partial charge in [-0.15, -0.1) is 0 Å². The van der Waals surface area contributed by atoms with Gasteiger partial charge >= 0.3 is 0 Å². The number of hydrogen-bond donors (Lipinski definition) is 1. The maximum atomic E-state index is 5.69. The average molecular weight is 326 g/mol. The first-order valence-corrected chi connectivity index (χ1v) is 7.98. The monoisotopic (exact) mass is 325 g/mol. The van der Waals surface area contributed by atoms with E-state index in [0.29, 0.717) is 0 Å². The zero-order valence-corrected chi connectivity index (χ0v) is 12.7. The Labute approximate surface area is 120 Å². The molecule has 1 aromatic heterocycles. The topological polar surface area (TPSA) is 25.2 Å². The molecule has 18 heavy (non-hydrogen) atoms. The summed E-state index contributed by atoms with van der Waals surface area (Å²) >= 11 is 5.24. The Hall–Kier alpha value is -0.710. The van der Waals surface area contributed by atoms with Gasteiger partial charge in [-0.3, -0.25) is 0 Å². The van der Waals surface area contributed by atoms with Gasteiger partial charge in [-0.05, 0) is 36.1 Å². The molecule has 0 radical (unpaired) electrons. The van der Waals surface area contributed by atoms with Crippen molar-refractivity contribution in [2.24, 2.45) is 0 Å². The van der Waals surface area contributed by atoms with Crippen molar-refractivity contribution in [3.63, 3.8) is 0 Å².